The highest BCUT2D eigenvalue weighted by Crippen LogP contribution is 2.23. The normalized spacial score (nSPS) is 9.69. The fourth-order valence-corrected chi connectivity index (χ4v) is 1.43. The Bertz CT molecular complexity index is 376. The fourth-order valence-electron chi connectivity index (χ4n) is 0.958. The van der Waals surface area contributed by atoms with Crippen molar-refractivity contribution in [3.63, 3.8) is 0 Å². The highest BCUT2D eigenvalue weighted by atomic mass is 79.9. The molecular formula is C9H11BrClN3O2. The molecule has 2 amide bonds. The maximum Gasteiger partial charge on any atom is 0.320 e. The maximum atomic E-state index is 11.3. The number of ether oxygens (including phenoxy) is 1. The van der Waals surface area contributed by atoms with Gasteiger partial charge in [-0.05, 0) is 28.1 Å². The Labute approximate surface area is 107 Å². The molecule has 1 rings (SSSR count). The van der Waals surface area contributed by atoms with E-state index >= 15 is 0 Å². The van der Waals surface area contributed by atoms with Crippen molar-refractivity contribution < 1.29 is 9.53 Å². The number of amides is 2. The SMILES string of the molecule is COc1nc(NC(=O)NCCCl)ccc1Br. The van der Waals surface area contributed by atoms with Gasteiger partial charge in [0.15, 0.2) is 0 Å². The molecule has 2 N–H and O–H groups in total. The van der Waals surface area contributed by atoms with Crippen molar-refractivity contribution in [1.82, 2.24) is 10.3 Å². The number of urea groups is 1. The molecule has 0 atom stereocenters. The van der Waals surface area contributed by atoms with E-state index in [2.05, 4.69) is 31.5 Å². The van der Waals surface area contributed by atoms with Crippen LogP contribution in [0.25, 0.3) is 0 Å². The van der Waals surface area contributed by atoms with Crippen LogP contribution in [0.2, 0.25) is 0 Å². The van der Waals surface area contributed by atoms with Gasteiger partial charge in [-0.2, -0.15) is 4.98 Å². The van der Waals surface area contributed by atoms with Gasteiger partial charge in [0.25, 0.3) is 0 Å². The van der Waals surface area contributed by atoms with Crippen molar-refractivity contribution in [2.75, 3.05) is 24.9 Å². The zero-order valence-electron chi connectivity index (χ0n) is 8.59. The number of alkyl halides is 1. The number of nitrogens with one attached hydrogen (secondary N) is 2. The van der Waals surface area contributed by atoms with Crippen molar-refractivity contribution in [2.45, 2.75) is 0 Å². The predicted octanol–water partition coefficient (Wildman–Crippen LogP) is 2.21. The molecule has 7 heteroatoms. The number of carbonyl (C=O) groups excluding carboxylic acids is 1. The molecule has 88 valence electrons. The predicted molar refractivity (Wildman–Crippen MR) is 66.2 cm³/mol. The van der Waals surface area contributed by atoms with Gasteiger partial charge in [-0.1, -0.05) is 0 Å². The average Bonchev–Trinajstić information content (AvgIpc) is 2.29. The average molecular weight is 309 g/mol. The van der Waals surface area contributed by atoms with E-state index in [1.807, 2.05) is 0 Å². The van der Waals surface area contributed by atoms with Crippen LogP contribution in [0.1, 0.15) is 0 Å². The molecule has 5 nitrogen and oxygen atoms in total. The molecule has 0 fully saturated rings. The van der Waals surface area contributed by atoms with Gasteiger partial charge in [-0.15, -0.1) is 11.6 Å². The van der Waals surface area contributed by atoms with E-state index in [1.54, 1.807) is 12.1 Å². The van der Waals surface area contributed by atoms with Crippen molar-refractivity contribution in [1.29, 1.82) is 0 Å². The van der Waals surface area contributed by atoms with Gasteiger partial charge in [-0.3, -0.25) is 5.32 Å². The zero-order valence-corrected chi connectivity index (χ0v) is 10.9. The molecule has 1 heterocycles. The lowest BCUT2D eigenvalue weighted by atomic mass is 10.4. The maximum absolute atomic E-state index is 11.3. The Hall–Kier alpha value is -1.01. The van der Waals surface area contributed by atoms with Crippen LogP contribution >= 0.6 is 27.5 Å². The standard InChI is InChI=1S/C9H11BrClN3O2/c1-16-8-6(10)2-3-7(13-8)14-9(15)12-5-4-11/h2-3H,4-5H2,1H3,(H2,12,13,14,15). The molecule has 0 unspecified atom stereocenters. The lowest BCUT2D eigenvalue weighted by Gasteiger charge is -2.07. The number of aromatic nitrogens is 1. The Morgan fingerprint density at radius 2 is 2.38 bits per heavy atom. The van der Waals surface area contributed by atoms with Crippen molar-refractivity contribution >= 4 is 39.4 Å². The zero-order chi connectivity index (χ0) is 12.0. The van der Waals surface area contributed by atoms with Gasteiger partial charge in [0.1, 0.15) is 5.82 Å². The van der Waals surface area contributed by atoms with Gasteiger partial charge in [0, 0.05) is 12.4 Å². The Morgan fingerprint density at radius 1 is 1.62 bits per heavy atom. The van der Waals surface area contributed by atoms with E-state index in [0.29, 0.717) is 24.1 Å². The fraction of sp³-hybridized carbons (Fsp3) is 0.333. The molecule has 1 aromatic rings. The molecule has 0 saturated heterocycles. The largest absolute Gasteiger partial charge is 0.480 e. The second kappa shape index (κ2) is 6.55. The molecule has 0 saturated carbocycles. The number of halogens is 2. The number of carbonyl (C=O) groups is 1. The first-order valence-corrected chi connectivity index (χ1v) is 5.81. The first kappa shape index (κ1) is 13.1. The molecule has 0 aliphatic carbocycles. The monoisotopic (exact) mass is 307 g/mol. The van der Waals surface area contributed by atoms with Crippen LogP contribution < -0.4 is 15.4 Å². The van der Waals surface area contributed by atoms with Crippen LogP contribution in [-0.4, -0.2) is 30.5 Å². The van der Waals surface area contributed by atoms with E-state index in [1.165, 1.54) is 7.11 Å². The quantitative estimate of drug-likeness (QED) is 0.838. The van der Waals surface area contributed by atoms with E-state index in [9.17, 15) is 4.79 Å². The third-order valence-electron chi connectivity index (χ3n) is 1.63. The summed E-state index contributed by atoms with van der Waals surface area (Å²) in [4.78, 5) is 15.3. The van der Waals surface area contributed by atoms with Crippen LogP contribution in [0, 0.1) is 0 Å². The second-order valence-electron chi connectivity index (χ2n) is 2.76. The summed E-state index contributed by atoms with van der Waals surface area (Å²) in [5.74, 6) is 1.19. The minimum atomic E-state index is -0.350. The summed E-state index contributed by atoms with van der Waals surface area (Å²) in [5.41, 5.74) is 0. The Balaban J connectivity index is 2.63. The summed E-state index contributed by atoms with van der Waals surface area (Å²) >= 11 is 8.70. The summed E-state index contributed by atoms with van der Waals surface area (Å²) in [6, 6.07) is 3.05. The molecule has 0 bridgehead atoms. The van der Waals surface area contributed by atoms with E-state index in [4.69, 9.17) is 16.3 Å². The van der Waals surface area contributed by atoms with Crippen LogP contribution in [0.5, 0.6) is 5.88 Å². The lowest BCUT2D eigenvalue weighted by Crippen LogP contribution is -2.30. The molecule has 0 aliphatic rings. The van der Waals surface area contributed by atoms with Gasteiger partial charge >= 0.3 is 6.03 Å². The molecule has 16 heavy (non-hydrogen) atoms. The third kappa shape index (κ3) is 3.86. The van der Waals surface area contributed by atoms with E-state index in [-0.39, 0.29) is 6.03 Å². The number of rotatable bonds is 4. The number of hydrogen-bond acceptors (Lipinski definition) is 3. The minimum Gasteiger partial charge on any atom is -0.480 e. The first-order chi connectivity index (χ1) is 7.67. The van der Waals surface area contributed by atoms with Gasteiger partial charge < -0.3 is 10.1 Å². The van der Waals surface area contributed by atoms with E-state index < -0.39 is 0 Å². The molecule has 0 radical (unpaired) electrons. The molecular weight excluding hydrogens is 297 g/mol. The lowest BCUT2D eigenvalue weighted by molar-refractivity contribution is 0.252. The van der Waals surface area contributed by atoms with Crippen LogP contribution in [-0.2, 0) is 0 Å². The Morgan fingerprint density at radius 3 is 3.00 bits per heavy atom. The van der Waals surface area contributed by atoms with Crippen molar-refractivity contribution in [3.8, 4) is 5.88 Å². The molecule has 0 spiro atoms. The van der Waals surface area contributed by atoms with Crippen LogP contribution in [0.15, 0.2) is 16.6 Å². The van der Waals surface area contributed by atoms with Crippen LogP contribution in [0.3, 0.4) is 0 Å². The highest BCUT2D eigenvalue weighted by Gasteiger charge is 2.06. The number of pyridine rings is 1. The summed E-state index contributed by atoms with van der Waals surface area (Å²) in [6.45, 7) is 0.404. The van der Waals surface area contributed by atoms with Gasteiger partial charge in [0.05, 0.1) is 11.6 Å². The van der Waals surface area contributed by atoms with Crippen molar-refractivity contribution in [2.24, 2.45) is 0 Å². The third-order valence-corrected chi connectivity index (χ3v) is 2.42. The number of hydrogen-bond donors (Lipinski definition) is 2. The summed E-state index contributed by atoms with van der Waals surface area (Å²) in [7, 11) is 1.50. The second-order valence-corrected chi connectivity index (χ2v) is 3.99. The molecule has 0 aliphatic heterocycles. The summed E-state index contributed by atoms with van der Waals surface area (Å²) in [5, 5.41) is 5.12. The number of anilines is 1. The summed E-state index contributed by atoms with van der Waals surface area (Å²) < 4.78 is 5.72. The first-order valence-electron chi connectivity index (χ1n) is 4.48. The van der Waals surface area contributed by atoms with Crippen molar-refractivity contribution in [3.05, 3.63) is 16.6 Å². The van der Waals surface area contributed by atoms with Gasteiger partial charge in [0.2, 0.25) is 5.88 Å². The highest BCUT2D eigenvalue weighted by molar-refractivity contribution is 9.10. The smallest absolute Gasteiger partial charge is 0.320 e. The number of methoxy groups -OCH3 is 1. The summed E-state index contributed by atoms with van der Waals surface area (Å²) in [6.07, 6.45) is 0. The molecule has 1 aromatic heterocycles. The van der Waals surface area contributed by atoms with Gasteiger partial charge in [-0.25, -0.2) is 4.79 Å². The topological polar surface area (TPSA) is 63.2 Å². The van der Waals surface area contributed by atoms with Crippen LogP contribution in [0.4, 0.5) is 10.6 Å². The van der Waals surface area contributed by atoms with E-state index in [0.717, 1.165) is 4.47 Å². The number of nitrogens with zero attached hydrogens (tertiary/aromatic N) is 1. The Kier molecular flexibility index (Phi) is 5.34. The minimum absolute atomic E-state index is 0.350. The molecule has 0 aromatic carbocycles.